The summed E-state index contributed by atoms with van der Waals surface area (Å²) in [5.41, 5.74) is 4.16. The Balaban J connectivity index is 1.56. The number of nitrogens with zero attached hydrogens (tertiary/aromatic N) is 4. The molecule has 0 aliphatic heterocycles. The highest BCUT2D eigenvalue weighted by molar-refractivity contribution is 7.15. The van der Waals surface area contributed by atoms with Gasteiger partial charge in [0.05, 0.1) is 28.5 Å². The number of hydrogen-bond acceptors (Lipinski definition) is 5. The summed E-state index contributed by atoms with van der Waals surface area (Å²) >= 11 is 1.59. The predicted octanol–water partition coefficient (Wildman–Crippen LogP) is 4.71. The molecule has 0 atom stereocenters. The van der Waals surface area contributed by atoms with Crippen LogP contribution in [0.3, 0.4) is 0 Å². The number of aromatic nitrogens is 4. The first-order chi connectivity index (χ1) is 14.2. The van der Waals surface area contributed by atoms with Gasteiger partial charge in [-0.3, -0.25) is 10.1 Å². The van der Waals surface area contributed by atoms with E-state index in [2.05, 4.69) is 15.4 Å². The topological polar surface area (TPSA) is 72.7 Å². The van der Waals surface area contributed by atoms with E-state index in [0.717, 1.165) is 40.8 Å². The summed E-state index contributed by atoms with van der Waals surface area (Å²) in [7, 11) is 0. The molecular weight excluding hydrogens is 382 g/mol. The summed E-state index contributed by atoms with van der Waals surface area (Å²) in [5.74, 6) is -0.170. The Kier molecular flexibility index (Phi) is 4.60. The van der Waals surface area contributed by atoms with Gasteiger partial charge in [0.15, 0.2) is 10.8 Å². The van der Waals surface area contributed by atoms with Crippen LogP contribution in [-0.2, 0) is 19.4 Å². The molecule has 0 saturated heterocycles. The fraction of sp³-hybridized carbons (Fsp3) is 0.273. The van der Waals surface area contributed by atoms with Gasteiger partial charge in [-0.25, -0.2) is 14.6 Å². The number of thiazole rings is 1. The van der Waals surface area contributed by atoms with E-state index in [1.165, 1.54) is 17.7 Å². The van der Waals surface area contributed by atoms with Gasteiger partial charge in [0.1, 0.15) is 0 Å². The first kappa shape index (κ1) is 18.0. The molecule has 6 nitrogen and oxygen atoms in total. The number of fused-ring (bicyclic) bond motifs is 2. The Hall–Kier alpha value is -3.06. The maximum atomic E-state index is 13.2. The lowest BCUT2D eigenvalue weighted by molar-refractivity contribution is 0.102. The van der Waals surface area contributed by atoms with Crippen LogP contribution in [0, 0.1) is 0 Å². The third-order valence-electron chi connectivity index (χ3n) is 5.29. The van der Waals surface area contributed by atoms with E-state index >= 15 is 0 Å². The van der Waals surface area contributed by atoms with Crippen LogP contribution < -0.4 is 5.32 Å². The Bertz CT molecular complexity index is 1170. The Morgan fingerprint density at radius 2 is 2.00 bits per heavy atom. The van der Waals surface area contributed by atoms with Crippen molar-refractivity contribution in [2.75, 3.05) is 5.32 Å². The number of nitrogens with one attached hydrogen (secondary N) is 1. The van der Waals surface area contributed by atoms with E-state index in [0.29, 0.717) is 17.2 Å². The first-order valence-electron chi connectivity index (χ1n) is 9.95. The number of carbonyl (C=O) groups excluding carboxylic acids is 1. The molecule has 0 saturated carbocycles. The molecule has 3 heterocycles. The molecule has 0 fully saturated rings. The largest absolute Gasteiger partial charge is 0.298 e. The normalized spacial score (nSPS) is 13.4. The zero-order valence-corrected chi connectivity index (χ0v) is 17.0. The second kappa shape index (κ2) is 7.40. The highest BCUT2D eigenvalue weighted by Gasteiger charge is 2.20. The summed E-state index contributed by atoms with van der Waals surface area (Å²) in [5, 5.41) is 8.86. The molecule has 7 heteroatoms. The minimum Gasteiger partial charge on any atom is -0.298 e. The summed E-state index contributed by atoms with van der Waals surface area (Å²) in [6.45, 7) is 2.71. The van der Waals surface area contributed by atoms with Crippen LogP contribution in [0.4, 0.5) is 5.13 Å². The van der Waals surface area contributed by atoms with Crippen LogP contribution in [0.15, 0.2) is 42.6 Å². The minimum atomic E-state index is -0.170. The Labute approximate surface area is 172 Å². The van der Waals surface area contributed by atoms with Crippen molar-refractivity contribution < 1.29 is 4.79 Å². The summed E-state index contributed by atoms with van der Waals surface area (Å²) in [6.07, 6.45) is 6.16. The zero-order valence-electron chi connectivity index (χ0n) is 16.2. The maximum absolute atomic E-state index is 13.2. The molecule has 1 N–H and O–H groups in total. The van der Waals surface area contributed by atoms with Gasteiger partial charge in [-0.15, -0.1) is 11.3 Å². The standard InChI is InChI=1S/C22H21N5OS/c1-2-27-20-16(13-23-27)15(12-18(24-20)14-8-4-3-5-9-14)21(28)26-22-25-17-10-6-7-11-19(17)29-22/h3-5,8-9,12-13H,2,6-7,10-11H2,1H3,(H,25,26,28). The monoisotopic (exact) mass is 403 g/mol. The lowest BCUT2D eigenvalue weighted by Gasteiger charge is -2.08. The van der Waals surface area contributed by atoms with E-state index in [1.807, 2.05) is 48.0 Å². The quantitative estimate of drug-likeness (QED) is 0.536. The molecule has 0 radical (unpaired) electrons. The van der Waals surface area contributed by atoms with E-state index in [1.54, 1.807) is 17.5 Å². The van der Waals surface area contributed by atoms with Gasteiger partial charge in [-0.1, -0.05) is 30.3 Å². The zero-order chi connectivity index (χ0) is 19.8. The molecule has 29 heavy (non-hydrogen) atoms. The van der Waals surface area contributed by atoms with Crippen molar-refractivity contribution in [3.8, 4) is 11.3 Å². The first-order valence-corrected chi connectivity index (χ1v) is 10.8. The van der Waals surface area contributed by atoms with Gasteiger partial charge in [0, 0.05) is 17.0 Å². The summed E-state index contributed by atoms with van der Waals surface area (Å²) in [4.78, 5) is 23.9. The lowest BCUT2D eigenvalue weighted by atomic mass is 10.0. The highest BCUT2D eigenvalue weighted by Crippen LogP contribution is 2.31. The van der Waals surface area contributed by atoms with Crippen molar-refractivity contribution in [3.63, 3.8) is 0 Å². The third-order valence-corrected chi connectivity index (χ3v) is 6.36. The average molecular weight is 404 g/mol. The second-order valence-electron chi connectivity index (χ2n) is 7.17. The van der Waals surface area contributed by atoms with Crippen molar-refractivity contribution in [1.82, 2.24) is 19.7 Å². The molecular formula is C22H21N5OS. The van der Waals surface area contributed by atoms with Gasteiger partial charge in [-0.2, -0.15) is 5.10 Å². The molecule has 3 aromatic heterocycles. The predicted molar refractivity (Wildman–Crippen MR) is 115 cm³/mol. The van der Waals surface area contributed by atoms with Gasteiger partial charge in [0.2, 0.25) is 0 Å². The SMILES string of the molecule is CCn1ncc2c(C(=O)Nc3nc4c(s3)CCCC4)cc(-c3ccccc3)nc21. The highest BCUT2D eigenvalue weighted by atomic mass is 32.1. The van der Waals surface area contributed by atoms with Crippen LogP contribution in [0.1, 0.15) is 40.7 Å². The molecule has 146 valence electrons. The third kappa shape index (κ3) is 3.31. The summed E-state index contributed by atoms with van der Waals surface area (Å²) in [6, 6.07) is 11.8. The van der Waals surface area contributed by atoms with Gasteiger partial charge in [0.25, 0.3) is 5.91 Å². The molecule has 0 spiro atoms. The number of carbonyl (C=O) groups is 1. The van der Waals surface area contributed by atoms with E-state index in [-0.39, 0.29) is 5.91 Å². The number of benzene rings is 1. The van der Waals surface area contributed by atoms with Gasteiger partial charge in [-0.05, 0) is 38.7 Å². The van der Waals surface area contributed by atoms with Gasteiger partial charge >= 0.3 is 0 Å². The molecule has 1 aromatic carbocycles. The number of amides is 1. The van der Waals surface area contributed by atoms with Crippen molar-refractivity contribution in [1.29, 1.82) is 0 Å². The molecule has 5 rings (SSSR count). The lowest BCUT2D eigenvalue weighted by Crippen LogP contribution is -2.13. The van der Waals surface area contributed by atoms with Crippen LogP contribution in [0.2, 0.25) is 0 Å². The van der Waals surface area contributed by atoms with Gasteiger partial charge < -0.3 is 0 Å². The van der Waals surface area contributed by atoms with Crippen molar-refractivity contribution in [2.45, 2.75) is 39.2 Å². The molecule has 1 aliphatic carbocycles. The minimum absolute atomic E-state index is 0.170. The van der Waals surface area contributed by atoms with E-state index in [4.69, 9.17) is 4.98 Å². The smallest absolute Gasteiger partial charge is 0.258 e. The van der Waals surface area contributed by atoms with E-state index < -0.39 is 0 Å². The van der Waals surface area contributed by atoms with Crippen LogP contribution in [-0.4, -0.2) is 25.7 Å². The molecule has 1 aliphatic rings. The molecule has 4 aromatic rings. The average Bonchev–Trinajstić information content (AvgIpc) is 3.36. The van der Waals surface area contributed by atoms with Crippen LogP contribution >= 0.6 is 11.3 Å². The fourth-order valence-corrected chi connectivity index (χ4v) is 4.84. The summed E-state index contributed by atoms with van der Waals surface area (Å²) < 4.78 is 1.82. The molecule has 1 amide bonds. The number of rotatable bonds is 4. The van der Waals surface area contributed by atoms with Crippen LogP contribution in [0.25, 0.3) is 22.3 Å². The van der Waals surface area contributed by atoms with E-state index in [9.17, 15) is 4.79 Å². The Morgan fingerprint density at radius 1 is 1.17 bits per heavy atom. The van der Waals surface area contributed by atoms with Crippen molar-refractivity contribution in [3.05, 3.63) is 58.7 Å². The van der Waals surface area contributed by atoms with Crippen molar-refractivity contribution in [2.24, 2.45) is 0 Å². The van der Waals surface area contributed by atoms with Crippen molar-refractivity contribution >= 4 is 33.4 Å². The number of aryl methyl sites for hydroxylation is 3. The fourth-order valence-electron chi connectivity index (χ4n) is 3.79. The number of pyridine rings is 1. The van der Waals surface area contributed by atoms with Crippen LogP contribution in [0.5, 0.6) is 0 Å². The second-order valence-corrected chi connectivity index (χ2v) is 8.25. The number of anilines is 1. The number of hydrogen-bond donors (Lipinski definition) is 1. The Morgan fingerprint density at radius 3 is 2.79 bits per heavy atom. The molecule has 0 bridgehead atoms. The maximum Gasteiger partial charge on any atom is 0.258 e. The molecule has 0 unspecified atom stereocenters.